The van der Waals surface area contributed by atoms with Crippen LogP contribution >= 0.6 is 0 Å². The van der Waals surface area contributed by atoms with E-state index in [1.54, 1.807) is 6.20 Å². The zero-order valence-electron chi connectivity index (χ0n) is 12.7. The number of hydrogen-bond donors (Lipinski definition) is 1. The SMILES string of the molecule is CNS(=O)(=O)C1CCN(Cc2ccc3cnccc3c2)CC1. The molecule has 0 unspecified atom stereocenters. The maximum absolute atomic E-state index is 11.8. The van der Waals surface area contributed by atoms with Crippen molar-refractivity contribution in [1.82, 2.24) is 14.6 Å². The van der Waals surface area contributed by atoms with Crippen LogP contribution in [0.1, 0.15) is 18.4 Å². The van der Waals surface area contributed by atoms with Crippen LogP contribution in [0.25, 0.3) is 10.8 Å². The van der Waals surface area contributed by atoms with Crippen LogP contribution in [0.2, 0.25) is 0 Å². The van der Waals surface area contributed by atoms with Gasteiger partial charge in [-0.05, 0) is 56.1 Å². The van der Waals surface area contributed by atoms with Crippen LogP contribution in [0.15, 0.2) is 36.7 Å². The van der Waals surface area contributed by atoms with Gasteiger partial charge >= 0.3 is 0 Å². The van der Waals surface area contributed by atoms with Crippen LogP contribution in [0, 0.1) is 0 Å². The number of piperidine rings is 1. The van der Waals surface area contributed by atoms with Crippen molar-refractivity contribution in [3.8, 4) is 0 Å². The van der Waals surface area contributed by atoms with Gasteiger partial charge in [-0.3, -0.25) is 9.88 Å². The third kappa shape index (κ3) is 3.29. The Kier molecular flexibility index (Phi) is 4.42. The van der Waals surface area contributed by atoms with Crippen LogP contribution in [-0.2, 0) is 16.6 Å². The molecule has 0 atom stereocenters. The maximum atomic E-state index is 11.8. The lowest BCUT2D eigenvalue weighted by Crippen LogP contribution is -2.42. The third-order valence-electron chi connectivity index (χ3n) is 4.37. The Morgan fingerprint density at radius 1 is 1.23 bits per heavy atom. The van der Waals surface area contributed by atoms with Crippen molar-refractivity contribution >= 4 is 20.8 Å². The standard InChI is InChI=1S/C16H21N3O2S/c1-17-22(20,21)16-5-8-19(9-6-16)12-13-2-3-15-11-18-7-4-14(15)10-13/h2-4,7,10-11,16-17H,5-6,8-9,12H2,1H3. The molecule has 6 heteroatoms. The molecule has 0 radical (unpaired) electrons. The minimum Gasteiger partial charge on any atom is -0.299 e. The number of pyridine rings is 1. The summed E-state index contributed by atoms with van der Waals surface area (Å²) in [4.78, 5) is 6.45. The molecule has 1 aromatic carbocycles. The fourth-order valence-corrected chi connectivity index (χ4v) is 4.20. The fraction of sp³-hybridized carbons (Fsp3) is 0.438. The molecule has 0 aliphatic carbocycles. The van der Waals surface area contributed by atoms with E-state index in [4.69, 9.17) is 0 Å². The second kappa shape index (κ2) is 6.32. The number of fused-ring (bicyclic) bond motifs is 1. The predicted molar refractivity (Wildman–Crippen MR) is 88.0 cm³/mol. The number of nitrogens with one attached hydrogen (secondary N) is 1. The molecule has 5 nitrogen and oxygen atoms in total. The van der Waals surface area contributed by atoms with Crippen molar-refractivity contribution in [3.63, 3.8) is 0 Å². The minimum absolute atomic E-state index is 0.253. The summed E-state index contributed by atoms with van der Waals surface area (Å²) in [7, 11) is -1.64. The van der Waals surface area contributed by atoms with Crippen LogP contribution < -0.4 is 4.72 Å². The zero-order chi connectivity index (χ0) is 15.6. The van der Waals surface area contributed by atoms with E-state index in [-0.39, 0.29) is 5.25 Å². The van der Waals surface area contributed by atoms with E-state index in [1.807, 2.05) is 12.3 Å². The third-order valence-corrected chi connectivity index (χ3v) is 6.29. The molecule has 22 heavy (non-hydrogen) atoms. The molecule has 1 saturated heterocycles. The normalized spacial score (nSPS) is 17.9. The molecular weight excluding hydrogens is 298 g/mol. The summed E-state index contributed by atoms with van der Waals surface area (Å²) in [6.45, 7) is 2.50. The second-order valence-corrected chi connectivity index (χ2v) is 7.95. The van der Waals surface area contributed by atoms with Crippen molar-refractivity contribution in [1.29, 1.82) is 0 Å². The molecular formula is C16H21N3O2S. The molecule has 3 rings (SSSR count). The van der Waals surface area contributed by atoms with Gasteiger partial charge in [0.2, 0.25) is 10.0 Å². The summed E-state index contributed by atoms with van der Waals surface area (Å²) in [6.07, 6.45) is 5.06. The average molecular weight is 319 g/mol. The minimum atomic E-state index is -3.13. The van der Waals surface area contributed by atoms with Crippen molar-refractivity contribution in [2.75, 3.05) is 20.1 Å². The van der Waals surface area contributed by atoms with E-state index in [0.29, 0.717) is 12.8 Å². The highest BCUT2D eigenvalue weighted by atomic mass is 32.2. The highest BCUT2D eigenvalue weighted by Crippen LogP contribution is 2.20. The molecule has 1 fully saturated rings. The molecule has 1 aromatic heterocycles. The number of rotatable bonds is 4. The Hall–Kier alpha value is -1.50. The molecule has 1 N–H and O–H groups in total. The fourth-order valence-electron chi connectivity index (χ4n) is 3.03. The van der Waals surface area contributed by atoms with Gasteiger partial charge in [-0.15, -0.1) is 0 Å². The predicted octanol–water partition coefficient (Wildman–Crippen LogP) is 1.75. The summed E-state index contributed by atoms with van der Waals surface area (Å²) in [6, 6.07) is 8.42. The monoisotopic (exact) mass is 319 g/mol. The second-order valence-electron chi connectivity index (χ2n) is 5.78. The first kappa shape index (κ1) is 15.4. The van der Waals surface area contributed by atoms with Gasteiger partial charge in [0, 0.05) is 24.3 Å². The van der Waals surface area contributed by atoms with Crippen LogP contribution in [0.4, 0.5) is 0 Å². The average Bonchev–Trinajstić information content (AvgIpc) is 2.55. The first-order valence-electron chi connectivity index (χ1n) is 7.56. The van der Waals surface area contributed by atoms with E-state index >= 15 is 0 Å². The highest BCUT2D eigenvalue weighted by Gasteiger charge is 2.28. The zero-order valence-corrected chi connectivity index (χ0v) is 13.5. The summed E-state index contributed by atoms with van der Waals surface area (Å²) in [5, 5.41) is 2.08. The molecule has 1 aliphatic heterocycles. The van der Waals surface area contributed by atoms with Gasteiger partial charge in [-0.2, -0.15) is 0 Å². The molecule has 0 spiro atoms. The largest absolute Gasteiger partial charge is 0.299 e. The lowest BCUT2D eigenvalue weighted by Gasteiger charge is -2.31. The number of aromatic nitrogens is 1. The lowest BCUT2D eigenvalue weighted by molar-refractivity contribution is 0.222. The number of likely N-dealkylation sites (tertiary alicyclic amines) is 1. The highest BCUT2D eigenvalue weighted by molar-refractivity contribution is 7.90. The van der Waals surface area contributed by atoms with E-state index < -0.39 is 10.0 Å². The summed E-state index contributed by atoms with van der Waals surface area (Å²) >= 11 is 0. The van der Waals surface area contributed by atoms with Gasteiger partial charge in [0.25, 0.3) is 0 Å². The van der Waals surface area contributed by atoms with Crippen molar-refractivity contribution in [2.45, 2.75) is 24.6 Å². The van der Waals surface area contributed by atoms with Gasteiger partial charge in [0.05, 0.1) is 5.25 Å². The Balaban J connectivity index is 1.64. The van der Waals surface area contributed by atoms with Gasteiger partial charge in [0.15, 0.2) is 0 Å². The van der Waals surface area contributed by atoms with Gasteiger partial charge in [-0.25, -0.2) is 13.1 Å². The number of hydrogen-bond acceptors (Lipinski definition) is 4. The van der Waals surface area contributed by atoms with Crippen molar-refractivity contribution < 1.29 is 8.42 Å². The number of nitrogens with zero attached hydrogens (tertiary/aromatic N) is 2. The van der Waals surface area contributed by atoms with Gasteiger partial charge in [-0.1, -0.05) is 12.1 Å². The van der Waals surface area contributed by atoms with E-state index in [9.17, 15) is 8.42 Å². The number of benzene rings is 1. The maximum Gasteiger partial charge on any atom is 0.214 e. The summed E-state index contributed by atoms with van der Waals surface area (Å²) in [5.74, 6) is 0. The molecule has 2 heterocycles. The first-order valence-corrected chi connectivity index (χ1v) is 9.10. The topological polar surface area (TPSA) is 62.3 Å². The summed E-state index contributed by atoms with van der Waals surface area (Å²) in [5.41, 5.74) is 1.26. The smallest absolute Gasteiger partial charge is 0.214 e. The van der Waals surface area contributed by atoms with Crippen LogP contribution in [0.5, 0.6) is 0 Å². The molecule has 2 aromatic rings. The van der Waals surface area contributed by atoms with E-state index in [0.717, 1.165) is 25.0 Å². The Labute approximate surface area is 131 Å². The number of sulfonamides is 1. The van der Waals surface area contributed by atoms with Gasteiger partial charge in [0.1, 0.15) is 0 Å². The van der Waals surface area contributed by atoms with Crippen molar-refractivity contribution in [2.24, 2.45) is 0 Å². The first-order chi connectivity index (χ1) is 10.6. The van der Waals surface area contributed by atoms with Crippen LogP contribution in [0.3, 0.4) is 0 Å². The molecule has 0 bridgehead atoms. The molecule has 0 saturated carbocycles. The molecule has 1 aliphatic rings. The van der Waals surface area contributed by atoms with Gasteiger partial charge < -0.3 is 0 Å². The van der Waals surface area contributed by atoms with E-state index in [2.05, 4.69) is 32.8 Å². The Bertz CT molecular complexity index is 753. The molecule has 118 valence electrons. The van der Waals surface area contributed by atoms with E-state index in [1.165, 1.54) is 18.0 Å². The summed E-state index contributed by atoms with van der Waals surface area (Å²) < 4.78 is 26.1. The Morgan fingerprint density at radius 2 is 2.00 bits per heavy atom. The van der Waals surface area contributed by atoms with Crippen LogP contribution in [-0.4, -0.2) is 43.7 Å². The quantitative estimate of drug-likeness (QED) is 0.932. The lowest BCUT2D eigenvalue weighted by atomic mass is 10.1. The molecule has 0 amide bonds. The van der Waals surface area contributed by atoms with Crippen molar-refractivity contribution in [3.05, 3.63) is 42.2 Å². The Morgan fingerprint density at radius 3 is 2.73 bits per heavy atom.